The van der Waals surface area contributed by atoms with Crippen molar-refractivity contribution in [2.75, 3.05) is 6.54 Å². The van der Waals surface area contributed by atoms with Gasteiger partial charge in [0, 0.05) is 18.7 Å². The molecular formula is C22H27FN2O2. The second kappa shape index (κ2) is 9.86. The fourth-order valence-corrected chi connectivity index (χ4v) is 2.89. The molecule has 2 aromatic carbocycles. The van der Waals surface area contributed by atoms with Crippen LogP contribution < -0.4 is 5.32 Å². The smallest absolute Gasteiger partial charge is 0.242 e. The summed E-state index contributed by atoms with van der Waals surface area (Å²) < 4.78 is 14.1. The quantitative estimate of drug-likeness (QED) is 0.772. The van der Waals surface area contributed by atoms with E-state index in [1.54, 1.807) is 25.1 Å². The Balaban J connectivity index is 2.23. The first-order valence-electron chi connectivity index (χ1n) is 9.28. The second-order valence-corrected chi connectivity index (χ2v) is 6.75. The zero-order valence-electron chi connectivity index (χ0n) is 16.2. The summed E-state index contributed by atoms with van der Waals surface area (Å²) in [7, 11) is 0. The van der Waals surface area contributed by atoms with Crippen molar-refractivity contribution < 1.29 is 14.0 Å². The van der Waals surface area contributed by atoms with Gasteiger partial charge in [0.25, 0.3) is 0 Å². The minimum atomic E-state index is -0.687. The van der Waals surface area contributed by atoms with E-state index in [2.05, 4.69) is 5.32 Å². The van der Waals surface area contributed by atoms with Crippen LogP contribution in [0.1, 0.15) is 37.0 Å². The highest BCUT2D eigenvalue weighted by Crippen LogP contribution is 2.15. The van der Waals surface area contributed by atoms with E-state index in [-0.39, 0.29) is 30.6 Å². The zero-order chi connectivity index (χ0) is 19.8. The van der Waals surface area contributed by atoms with Gasteiger partial charge in [0.05, 0.1) is 6.42 Å². The Hall–Kier alpha value is -2.69. The van der Waals surface area contributed by atoms with Gasteiger partial charge in [-0.15, -0.1) is 0 Å². The van der Waals surface area contributed by atoms with Crippen LogP contribution in [0.3, 0.4) is 0 Å². The second-order valence-electron chi connectivity index (χ2n) is 6.75. The number of amides is 2. The molecule has 0 saturated carbocycles. The van der Waals surface area contributed by atoms with Crippen LogP contribution in [-0.2, 0) is 22.6 Å². The van der Waals surface area contributed by atoms with E-state index in [1.165, 1.54) is 11.0 Å². The van der Waals surface area contributed by atoms with Crippen molar-refractivity contribution in [1.29, 1.82) is 0 Å². The molecule has 0 aromatic heterocycles. The molecule has 4 nitrogen and oxygen atoms in total. The van der Waals surface area contributed by atoms with E-state index < -0.39 is 6.04 Å². The summed E-state index contributed by atoms with van der Waals surface area (Å²) in [5.74, 6) is -0.819. The first kappa shape index (κ1) is 20.6. The maximum Gasteiger partial charge on any atom is 0.242 e. The molecule has 1 atom stereocenters. The van der Waals surface area contributed by atoms with Crippen molar-refractivity contribution in [1.82, 2.24) is 10.2 Å². The highest BCUT2D eigenvalue weighted by molar-refractivity contribution is 5.88. The van der Waals surface area contributed by atoms with Gasteiger partial charge in [-0.25, -0.2) is 4.39 Å². The number of hydrogen-bond acceptors (Lipinski definition) is 2. The predicted octanol–water partition coefficient (Wildman–Crippen LogP) is 3.62. The third-order valence-corrected chi connectivity index (χ3v) is 4.45. The van der Waals surface area contributed by atoms with E-state index in [9.17, 15) is 14.0 Å². The van der Waals surface area contributed by atoms with Crippen LogP contribution in [-0.4, -0.2) is 29.3 Å². The molecule has 144 valence electrons. The lowest BCUT2D eigenvalue weighted by Gasteiger charge is -2.29. The van der Waals surface area contributed by atoms with Gasteiger partial charge in [0.1, 0.15) is 11.9 Å². The van der Waals surface area contributed by atoms with Crippen LogP contribution in [0.5, 0.6) is 0 Å². The van der Waals surface area contributed by atoms with Gasteiger partial charge in [0.15, 0.2) is 0 Å². The SMILES string of the molecule is CCCNC(=O)[C@H](C)N(Cc1ccccc1F)C(=O)Cc1cccc(C)c1. The number of hydrogen-bond donors (Lipinski definition) is 1. The summed E-state index contributed by atoms with van der Waals surface area (Å²) in [6.45, 7) is 6.21. The van der Waals surface area contributed by atoms with Gasteiger partial charge in [-0.2, -0.15) is 0 Å². The molecule has 0 heterocycles. The van der Waals surface area contributed by atoms with Crippen molar-refractivity contribution in [3.05, 3.63) is 71.0 Å². The van der Waals surface area contributed by atoms with Crippen LogP contribution in [0, 0.1) is 12.7 Å². The van der Waals surface area contributed by atoms with Gasteiger partial charge >= 0.3 is 0 Å². The number of halogens is 1. The van der Waals surface area contributed by atoms with E-state index in [0.29, 0.717) is 12.1 Å². The summed E-state index contributed by atoms with van der Waals surface area (Å²) in [4.78, 5) is 26.9. The van der Waals surface area contributed by atoms with Gasteiger partial charge in [-0.1, -0.05) is 55.0 Å². The maximum absolute atomic E-state index is 14.1. The monoisotopic (exact) mass is 370 g/mol. The van der Waals surface area contributed by atoms with Crippen LogP contribution in [0.2, 0.25) is 0 Å². The van der Waals surface area contributed by atoms with Crippen molar-refractivity contribution in [3.63, 3.8) is 0 Å². The molecule has 0 bridgehead atoms. The van der Waals surface area contributed by atoms with Crippen molar-refractivity contribution >= 4 is 11.8 Å². The van der Waals surface area contributed by atoms with Gasteiger partial charge in [0.2, 0.25) is 11.8 Å². The molecule has 0 fully saturated rings. The number of aryl methyl sites for hydroxylation is 1. The van der Waals surface area contributed by atoms with Crippen LogP contribution in [0.4, 0.5) is 4.39 Å². The highest BCUT2D eigenvalue weighted by atomic mass is 19.1. The molecule has 0 radical (unpaired) electrons. The molecule has 2 aromatic rings. The molecule has 27 heavy (non-hydrogen) atoms. The Labute approximate surface area is 160 Å². The molecule has 0 saturated heterocycles. The standard InChI is InChI=1S/C22H27FN2O2/c1-4-12-24-22(27)17(3)25(15-19-10-5-6-11-20(19)23)21(26)14-18-9-7-8-16(2)13-18/h5-11,13,17H,4,12,14-15H2,1-3H3,(H,24,27)/t17-/m0/s1. The zero-order valence-corrected chi connectivity index (χ0v) is 16.2. The van der Waals surface area contributed by atoms with E-state index in [4.69, 9.17) is 0 Å². The van der Waals surface area contributed by atoms with Gasteiger partial charge in [-0.05, 0) is 31.9 Å². The molecular weight excluding hydrogens is 343 g/mol. The van der Waals surface area contributed by atoms with Crippen LogP contribution in [0.25, 0.3) is 0 Å². The lowest BCUT2D eigenvalue weighted by atomic mass is 10.1. The lowest BCUT2D eigenvalue weighted by molar-refractivity contribution is -0.140. The molecule has 0 aliphatic rings. The number of nitrogens with zero attached hydrogens (tertiary/aromatic N) is 1. The Morgan fingerprint density at radius 3 is 2.56 bits per heavy atom. The Bertz CT molecular complexity index is 791. The molecule has 5 heteroatoms. The first-order valence-corrected chi connectivity index (χ1v) is 9.28. The molecule has 0 aliphatic heterocycles. The Morgan fingerprint density at radius 2 is 1.89 bits per heavy atom. The van der Waals surface area contributed by atoms with E-state index in [1.807, 2.05) is 38.1 Å². The summed E-state index contributed by atoms with van der Waals surface area (Å²) >= 11 is 0. The Kier molecular flexibility index (Phi) is 7.53. The number of benzene rings is 2. The minimum Gasteiger partial charge on any atom is -0.354 e. The third kappa shape index (κ3) is 5.91. The van der Waals surface area contributed by atoms with E-state index in [0.717, 1.165) is 17.5 Å². The van der Waals surface area contributed by atoms with Gasteiger partial charge in [-0.3, -0.25) is 9.59 Å². The maximum atomic E-state index is 14.1. The summed E-state index contributed by atoms with van der Waals surface area (Å²) in [5.41, 5.74) is 2.33. The number of nitrogens with one attached hydrogen (secondary N) is 1. The average Bonchev–Trinajstić information content (AvgIpc) is 2.64. The van der Waals surface area contributed by atoms with Crippen molar-refractivity contribution in [3.8, 4) is 0 Å². The number of carbonyl (C=O) groups excluding carboxylic acids is 2. The largest absolute Gasteiger partial charge is 0.354 e. The van der Waals surface area contributed by atoms with Crippen LogP contribution >= 0.6 is 0 Å². The number of carbonyl (C=O) groups is 2. The molecule has 0 aliphatic carbocycles. The fourth-order valence-electron chi connectivity index (χ4n) is 2.89. The lowest BCUT2D eigenvalue weighted by Crippen LogP contribution is -2.48. The fraction of sp³-hybridized carbons (Fsp3) is 0.364. The highest BCUT2D eigenvalue weighted by Gasteiger charge is 2.26. The topological polar surface area (TPSA) is 49.4 Å². The van der Waals surface area contributed by atoms with E-state index >= 15 is 0 Å². The normalized spacial score (nSPS) is 11.7. The molecule has 1 N–H and O–H groups in total. The molecule has 0 spiro atoms. The molecule has 2 amide bonds. The predicted molar refractivity (Wildman–Crippen MR) is 105 cm³/mol. The summed E-state index contributed by atoms with van der Waals surface area (Å²) in [6.07, 6.45) is 0.977. The first-order chi connectivity index (χ1) is 12.9. The average molecular weight is 370 g/mol. The Morgan fingerprint density at radius 1 is 1.15 bits per heavy atom. The summed E-state index contributed by atoms with van der Waals surface area (Å²) in [6, 6.07) is 13.3. The van der Waals surface area contributed by atoms with Crippen molar-refractivity contribution in [2.24, 2.45) is 0 Å². The van der Waals surface area contributed by atoms with Crippen molar-refractivity contribution in [2.45, 2.75) is 46.2 Å². The summed E-state index contributed by atoms with van der Waals surface area (Å²) in [5, 5.41) is 2.81. The minimum absolute atomic E-state index is 0.0536. The number of rotatable bonds is 8. The third-order valence-electron chi connectivity index (χ3n) is 4.45. The molecule has 2 rings (SSSR count). The van der Waals surface area contributed by atoms with Gasteiger partial charge < -0.3 is 10.2 Å². The van der Waals surface area contributed by atoms with Crippen LogP contribution in [0.15, 0.2) is 48.5 Å². The molecule has 0 unspecified atom stereocenters.